The van der Waals surface area contributed by atoms with E-state index in [1.807, 2.05) is 12.1 Å². The van der Waals surface area contributed by atoms with Crippen molar-refractivity contribution >= 4 is 22.9 Å². The smallest absolute Gasteiger partial charge is 0.265 e. The Morgan fingerprint density at radius 1 is 1.42 bits per heavy atom. The van der Waals surface area contributed by atoms with E-state index in [2.05, 4.69) is 27.3 Å². The van der Waals surface area contributed by atoms with Gasteiger partial charge in [0, 0.05) is 4.88 Å². The summed E-state index contributed by atoms with van der Waals surface area (Å²) >= 11 is 1.61. The molecule has 3 heterocycles. The molecule has 3 aromatic heterocycles. The summed E-state index contributed by atoms with van der Waals surface area (Å²) in [5.74, 6) is 1.29. The summed E-state index contributed by atoms with van der Waals surface area (Å²) in [5.41, 5.74) is 2.01. The number of carbonyl (C=O) groups is 1. The van der Waals surface area contributed by atoms with E-state index < -0.39 is 0 Å². The van der Waals surface area contributed by atoms with Crippen molar-refractivity contribution in [2.45, 2.75) is 26.2 Å². The first-order valence-corrected chi connectivity index (χ1v) is 8.74. The van der Waals surface area contributed by atoms with Crippen LogP contribution in [0.25, 0.3) is 5.82 Å². The Hall–Kier alpha value is -2.54. The third kappa shape index (κ3) is 2.94. The second-order valence-electron chi connectivity index (χ2n) is 6.11. The van der Waals surface area contributed by atoms with E-state index in [1.165, 1.54) is 23.2 Å². The van der Waals surface area contributed by atoms with Crippen LogP contribution >= 0.6 is 11.3 Å². The molecular weight excluding hydrogens is 322 g/mol. The van der Waals surface area contributed by atoms with Crippen LogP contribution in [0.5, 0.6) is 0 Å². The molecule has 1 N–H and O–H groups in total. The van der Waals surface area contributed by atoms with Crippen LogP contribution < -0.4 is 5.32 Å². The predicted molar refractivity (Wildman–Crippen MR) is 92.6 cm³/mol. The molecule has 0 fully saturated rings. The number of hydrogen-bond acceptors (Lipinski definition) is 5. The lowest BCUT2D eigenvalue weighted by Crippen LogP contribution is -2.11. The van der Waals surface area contributed by atoms with E-state index in [0.29, 0.717) is 17.4 Å². The summed E-state index contributed by atoms with van der Waals surface area (Å²) in [6.45, 7) is 2.27. The Labute approximate surface area is 143 Å². The number of rotatable bonds is 3. The van der Waals surface area contributed by atoms with Crippen molar-refractivity contribution in [3.63, 3.8) is 0 Å². The van der Waals surface area contributed by atoms with Gasteiger partial charge in [-0.1, -0.05) is 6.92 Å². The van der Waals surface area contributed by atoms with Crippen molar-refractivity contribution in [1.82, 2.24) is 19.7 Å². The van der Waals surface area contributed by atoms with E-state index >= 15 is 0 Å². The zero-order valence-electron chi connectivity index (χ0n) is 13.3. The largest absolute Gasteiger partial charge is 0.320 e. The molecule has 0 saturated carbocycles. The molecular formula is C17H17N5OS. The monoisotopic (exact) mass is 339 g/mol. The van der Waals surface area contributed by atoms with Gasteiger partial charge in [0.05, 0.1) is 16.8 Å². The molecule has 0 spiro atoms. The van der Waals surface area contributed by atoms with Crippen LogP contribution in [0, 0.1) is 5.92 Å². The molecule has 6 nitrogen and oxygen atoms in total. The van der Waals surface area contributed by atoms with Gasteiger partial charge in [0.15, 0.2) is 5.82 Å². The maximum Gasteiger partial charge on any atom is 0.265 e. The molecule has 24 heavy (non-hydrogen) atoms. The van der Waals surface area contributed by atoms with Gasteiger partial charge in [0.2, 0.25) is 0 Å². The standard InChI is InChI=1S/C17H17N5OS/c1-11-2-4-14-12(6-11)7-15(24-14)17(23)21-13-3-5-16(19-8-13)22-10-18-9-20-22/h3,5,7-11H,2,4,6H2,1H3,(H,21,23). The van der Waals surface area contributed by atoms with Crippen molar-refractivity contribution in [3.8, 4) is 5.82 Å². The highest BCUT2D eigenvalue weighted by molar-refractivity contribution is 7.14. The number of thiophene rings is 1. The van der Waals surface area contributed by atoms with Crippen molar-refractivity contribution in [3.05, 3.63) is 52.4 Å². The maximum absolute atomic E-state index is 12.5. The zero-order valence-corrected chi connectivity index (χ0v) is 14.1. The lowest BCUT2D eigenvalue weighted by atomic mass is 9.90. The number of nitrogens with one attached hydrogen (secondary N) is 1. The van der Waals surface area contributed by atoms with E-state index in [4.69, 9.17) is 0 Å². The summed E-state index contributed by atoms with van der Waals surface area (Å²) in [7, 11) is 0. The number of amides is 1. The third-order valence-corrected chi connectivity index (χ3v) is 5.45. The fourth-order valence-electron chi connectivity index (χ4n) is 2.93. The number of anilines is 1. The summed E-state index contributed by atoms with van der Waals surface area (Å²) in [6, 6.07) is 5.66. The molecule has 0 radical (unpaired) electrons. The summed E-state index contributed by atoms with van der Waals surface area (Å²) < 4.78 is 1.57. The summed E-state index contributed by atoms with van der Waals surface area (Å²) in [5, 5.41) is 6.94. The minimum Gasteiger partial charge on any atom is -0.320 e. The molecule has 1 aliphatic carbocycles. The van der Waals surface area contributed by atoms with Gasteiger partial charge in [-0.25, -0.2) is 14.6 Å². The quantitative estimate of drug-likeness (QED) is 0.796. The van der Waals surface area contributed by atoms with Gasteiger partial charge in [0.1, 0.15) is 12.7 Å². The highest BCUT2D eigenvalue weighted by Crippen LogP contribution is 2.32. The maximum atomic E-state index is 12.5. The van der Waals surface area contributed by atoms with E-state index in [0.717, 1.165) is 17.7 Å². The molecule has 1 atom stereocenters. The molecule has 1 amide bonds. The minimum atomic E-state index is -0.0719. The van der Waals surface area contributed by atoms with Gasteiger partial charge < -0.3 is 5.32 Å². The number of pyridine rings is 1. The number of carbonyl (C=O) groups excluding carboxylic acids is 1. The highest BCUT2D eigenvalue weighted by Gasteiger charge is 2.20. The predicted octanol–water partition coefficient (Wildman–Crippen LogP) is 3.10. The van der Waals surface area contributed by atoms with Crippen LogP contribution in [0.2, 0.25) is 0 Å². The summed E-state index contributed by atoms with van der Waals surface area (Å²) in [6.07, 6.45) is 8.04. The van der Waals surface area contributed by atoms with Gasteiger partial charge in [-0.15, -0.1) is 11.3 Å². The topological polar surface area (TPSA) is 72.7 Å². The molecule has 7 heteroatoms. The Kier molecular flexibility index (Phi) is 3.86. The zero-order chi connectivity index (χ0) is 16.5. The number of fused-ring (bicyclic) bond motifs is 1. The van der Waals surface area contributed by atoms with Crippen molar-refractivity contribution in [1.29, 1.82) is 0 Å². The third-order valence-electron chi connectivity index (χ3n) is 4.21. The fourth-order valence-corrected chi connectivity index (χ4v) is 4.04. The van der Waals surface area contributed by atoms with Crippen LogP contribution in [0.1, 0.15) is 33.5 Å². The first-order chi connectivity index (χ1) is 11.7. The Bertz CT molecular complexity index is 854. The minimum absolute atomic E-state index is 0.0719. The van der Waals surface area contributed by atoms with Gasteiger partial charge in [-0.05, 0) is 48.9 Å². The molecule has 0 bridgehead atoms. The van der Waals surface area contributed by atoms with E-state index in [1.54, 1.807) is 34.6 Å². The molecule has 0 saturated heterocycles. The highest BCUT2D eigenvalue weighted by atomic mass is 32.1. The molecule has 4 rings (SSSR count). The van der Waals surface area contributed by atoms with Crippen molar-refractivity contribution < 1.29 is 4.79 Å². The lowest BCUT2D eigenvalue weighted by molar-refractivity contribution is 0.103. The van der Waals surface area contributed by atoms with Crippen LogP contribution in [0.15, 0.2) is 37.1 Å². The Morgan fingerprint density at radius 2 is 2.33 bits per heavy atom. The first-order valence-electron chi connectivity index (χ1n) is 7.93. The number of nitrogens with zero attached hydrogens (tertiary/aromatic N) is 4. The first kappa shape index (κ1) is 15.0. The fraction of sp³-hybridized carbons (Fsp3) is 0.294. The van der Waals surface area contributed by atoms with Crippen molar-refractivity contribution in [2.75, 3.05) is 5.32 Å². The Balaban J connectivity index is 1.48. The molecule has 0 aromatic carbocycles. The van der Waals surface area contributed by atoms with Crippen LogP contribution in [0.3, 0.4) is 0 Å². The van der Waals surface area contributed by atoms with Gasteiger partial charge in [-0.2, -0.15) is 5.10 Å². The van der Waals surface area contributed by atoms with E-state index in [-0.39, 0.29) is 5.91 Å². The van der Waals surface area contributed by atoms with Gasteiger partial charge >= 0.3 is 0 Å². The van der Waals surface area contributed by atoms with Gasteiger partial charge in [0.25, 0.3) is 5.91 Å². The number of aromatic nitrogens is 4. The normalized spacial score (nSPS) is 16.6. The second kappa shape index (κ2) is 6.16. The number of aryl methyl sites for hydroxylation is 1. The molecule has 0 aliphatic heterocycles. The van der Waals surface area contributed by atoms with Crippen LogP contribution in [-0.4, -0.2) is 25.7 Å². The van der Waals surface area contributed by atoms with Crippen LogP contribution in [-0.2, 0) is 12.8 Å². The lowest BCUT2D eigenvalue weighted by Gasteiger charge is -2.16. The average molecular weight is 339 g/mol. The summed E-state index contributed by atoms with van der Waals surface area (Å²) in [4.78, 5) is 22.8. The van der Waals surface area contributed by atoms with E-state index in [9.17, 15) is 4.79 Å². The molecule has 3 aromatic rings. The Morgan fingerprint density at radius 3 is 3.08 bits per heavy atom. The molecule has 122 valence electrons. The van der Waals surface area contributed by atoms with Gasteiger partial charge in [-0.3, -0.25) is 4.79 Å². The number of hydrogen-bond donors (Lipinski definition) is 1. The molecule has 1 unspecified atom stereocenters. The average Bonchev–Trinajstić information content (AvgIpc) is 3.24. The SMILES string of the molecule is CC1CCc2sc(C(=O)Nc3ccc(-n4cncn4)nc3)cc2C1. The van der Waals surface area contributed by atoms with Crippen molar-refractivity contribution in [2.24, 2.45) is 5.92 Å². The van der Waals surface area contributed by atoms with Crippen LogP contribution in [0.4, 0.5) is 5.69 Å². The molecule has 1 aliphatic rings. The second-order valence-corrected chi connectivity index (χ2v) is 7.24.